The third kappa shape index (κ3) is 3.77. The predicted molar refractivity (Wildman–Crippen MR) is 107 cm³/mol. The maximum atomic E-state index is 13.4. The molecule has 0 bridgehead atoms. The molecule has 0 unspecified atom stereocenters. The molecule has 1 spiro atoms. The third-order valence-corrected chi connectivity index (χ3v) is 5.95. The fourth-order valence-electron chi connectivity index (χ4n) is 4.39. The van der Waals surface area contributed by atoms with Crippen LogP contribution >= 0.6 is 0 Å². The Labute approximate surface area is 177 Å². The molecule has 8 nitrogen and oxygen atoms in total. The van der Waals surface area contributed by atoms with E-state index in [0.717, 1.165) is 12.1 Å². The summed E-state index contributed by atoms with van der Waals surface area (Å²) in [6.45, 7) is 4.11. The summed E-state index contributed by atoms with van der Waals surface area (Å²) in [5.74, 6) is -1.83. The number of halogens is 2. The number of anilines is 1. The first-order valence-corrected chi connectivity index (χ1v) is 9.95. The van der Waals surface area contributed by atoms with Crippen molar-refractivity contribution < 1.29 is 23.1 Å². The number of rotatable bonds is 3. The lowest BCUT2D eigenvalue weighted by Crippen LogP contribution is -2.56. The van der Waals surface area contributed by atoms with Crippen molar-refractivity contribution in [2.24, 2.45) is 0 Å². The van der Waals surface area contributed by atoms with E-state index in [1.165, 1.54) is 30.5 Å². The van der Waals surface area contributed by atoms with Gasteiger partial charge in [-0.1, -0.05) is 6.07 Å². The van der Waals surface area contributed by atoms with Gasteiger partial charge in [0.1, 0.15) is 12.4 Å². The molecule has 0 saturated carbocycles. The van der Waals surface area contributed by atoms with Gasteiger partial charge in [-0.05, 0) is 30.5 Å². The highest BCUT2D eigenvalue weighted by atomic mass is 19.2. The van der Waals surface area contributed by atoms with E-state index in [1.54, 1.807) is 9.80 Å². The Bertz CT molecular complexity index is 1110. The Morgan fingerprint density at radius 2 is 1.81 bits per heavy atom. The number of amides is 2. The number of benzene rings is 1. The van der Waals surface area contributed by atoms with Gasteiger partial charge in [-0.25, -0.2) is 13.6 Å². The number of carbonyl (C=O) groups excluding carboxylic acids is 2. The lowest BCUT2D eigenvalue weighted by atomic mass is 9.86. The highest BCUT2D eigenvalue weighted by Crippen LogP contribution is 2.40. The summed E-state index contributed by atoms with van der Waals surface area (Å²) in [5, 5.41) is 0. The van der Waals surface area contributed by atoms with Crippen LogP contribution in [0.5, 0.6) is 5.88 Å². The van der Waals surface area contributed by atoms with Crippen molar-refractivity contribution >= 4 is 17.6 Å². The van der Waals surface area contributed by atoms with E-state index in [9.17, 15) is 23.2 Å². The van der Waals surface area contributed by atoms with Gasteiger partial charge < -0.3 is 9.64 Å². The summed E-state index contributed by atoms with van der Waals surface area (Å²) < 4.78 is 33.5. The molecule has 2 amide bonds. The van der Waals surface area contributed by atoms with Crippen LogP contribution in [-0.4, -0.2) is 44.9 Å². The molecule has 0 atom stereocenters. The largest absolute Gasteiger partial charge is 0.473 e. The number of likely N-dealkylation sites (tertiary alicyclic amines) is 1. The Kier molecular flexibility index (Phi) is 5.24. The minimum Gasteiger partial charge on any atom is -0.473 e. The van der Waals surface area contributed by atoms with E-state index < -0.39 is 22.9 Å². The fourth-order valence-corrected chi connectivity index (χ4v) is 4.39. The monoisotopic (exact) mass is 432 g/mol. The Hall–Kier alpha value is -3.30. The SMILES string of the molecule is CC(=O)N1CCC2(CC1)Cn1c(cc(OCc3ccc(F)c(F)c3)nc1=O)N2C(C)=O. The molecule has 10 heteroatoms. The van der Waals surface area contributed by atoms with E-state index in [-0.39, 0.29) is 24.3 Å². The van der Waals surface area contributed by atoms with E-state index in [2.05, 4.69) is 4.98 Å². The lowest BCUT2D eigenvalue weighted by Gasteiger charge is -2.43. The minimum atomic E-state index is -0.996. The standard InChI is InChI=1S/C21H22F2N4O4/c1-13(28)25-7-5-21(6-8-25)12-26-19(27(21)14(2)29)10-18(24-20(26)30)31-11-15-3-4-16(22)17(23)9-15/h3-4,9-10H,5-8,11-12H2,1-2H3. The normalized spacial score (nSPS) is 17.0. The Morgan fingerprint density at radius 3 is 2.42 bits per heavy atom. The first kappa shape index (κ1) is 21.0. The van der Waals surface area contributed by atoms with E-state index in [4.69, 9.17) is 4.74 Å². The van der Waals surface area contributed by atoms with Gasteiger partial charge in [-0.2, -0.15) is 4.98 Å². The van der Waals surface area contributed by atoms with Gasteiger partial charge in [0.05, 0.1) is 12.1 Å². The molecule has 4 rings (SSSR count). The van der Waals surface area contributed by atoms with Crippen LogP contribution in [0.2, 0.25) is 0 Å². The maximum absolute atomic E-state index is 13.4. The molecular weight excluding hydrogens is 410 g/mol. The van der Waals surface area contributed by atoms with Gasteiger partial charge in [0, 0.05) is 33.0 Å². The molecule has 2 aliphatic heterocycles. The third-order valence-electron chi connectivity index (χ3n) is 5.95. The molecule has 1 fully saturated rings. The molecule has 1 aromatic heterocycles. The average Bonchev–Trinajstić information content (AvgIpc) is 3.03. The molecule has 1 saturated heterocycles. The fraction of sp³-hybridized carbons (Fsp3) is 0.429. The number of hydrogen-bond donors (Lipinski definition) is 0. The van der Waals surface area contributed by atoms with Gasteiger partial charge in [0.25, 0.3) is 0 Å². The number of aromatic nitrogens is 2. The second-order valence-electron chi connectivity index (χ2n) is 7.94. The van der Waals surface area contributed by atoms with Gasteiger partial charge in [0.15, 0.2) is 11.6 Å². The zero-order chi connectivity index (χ0) is 22.3. The van der Waals surface area contributed by atoms with E-state index >= 15 is 0 Å². The minimum absolute atomic E-state index is 0.00884. The van der Waals surface area contributed by atoms with Crippen molar-refractivity contribution in [1.29, 1.82) is 0 Å². The van der Waals surface area contributed by atoms with Gasteiger partial charge >= 0.3 is 5.69 Å². The lowest BCUT2D eigenvalue weighted by molar-refractivity contribution is -0.130. The molecule has 0 aliphatic carbocycles. The Balaban J connectivity index is 1.60. The maximum Gasteiger partial charge on any atom is 0.352 e. The smallest absolute Gasteiger partial charge is 0.352 e. The van der Waals surface area contributed by atoms with Gasteiger partial charge in [0.2, 0.25) is 17.7 Å². The number of nitrogens with zero attached hydrogens (tertiary/aromatic N) is 4. The summed E-state index contributed by atoms with van der Waals surface area (Å²) in [7, 11) is 0. The summed E-state index contributed by atoms with van der Waals surface area (Å²) >= 11 is 0. The van der Waals surface area contributed by atoms with Crippen molar-refractivity contribution in [1.82, 2.24) is 14.5 Å². The van der Waals surface area contributed by atoms with Crippen molar-refractivity contribution in [2.45, 2.75) is 45.4 Å². The molecule has 2 aliphatic rings. The van der Waals surface area contributed by atoms with Crippen molar-refractivity contribution in [3.05, 3.63) is 51.9 Å². The predicted octanol–water partition coefficient (Wildman–Crippen LogP) is 1.85. The van der Waals surface area contributed by atoms with Crippen LogP contribution in [0, 0.1) is 11.6 Å². The van der Waals surface area contributed by atoms with Crippen LogP contribution in [0.3, 0.4) is 0 Å². The number of piperidine rings is 1. The van der Waals surface area contributed by atoms with Crippen LogP contribution in [-0.2, 0) is 22.7 Å². The Morgan fingerprint density at radius 1 is 1.10 bits per heavy atom. The van der Waals surface area contributed by atoms with Crippen molar-refractivity contribution in [2.75, 3.05) is 18.0 Å². The van der Waals surface area contributed by atoms with Gasteiger partial charge in [-0.15, -0.1) is 0 Å². The molecule has 164 valence electrons. The molecule has 0 N–H and O–H groups in total. The zero-order valence-corrected chi connectivity index (χ0v) is 17.2. The van der Waals surface area contributed by atoms with Crippen LogP contribution in [0.4, 0.5) is 14.6 Å². The highest BCUT2D eigenvalue weighted by Gasteiger charge is 2.49. The molecule has 2 aromatic rings. The average molecular weight is 432 g/mol. The highest BCUT2D eigenvalue weighted by molar-refractivity contribution is 5.93. The second-order valence-corrected chi connectivity index (χ2v) is 7.94. The summed E-state index contributed by atoms with van der Waals surface area (Å²) in [6, 6.07) is 4.88. The van der Waals surface area contributed by atoms with Crippen LogP contribution in [0.25, 0.3) is 0 Å². The molecule has 1 aromatic carbocycles. The molecule has 31 heavy (non-hydrogen) atoms. The van der Waals surface area contributed by atoms with Crippen molar-refractivity contribution in [3.8, 4) is 5.88 Å². The first-order valence-electron chi connectivity index (χ1n) is 9.95. The quantitative estimate of drug-likeness (QED) is 0.739. The van der Waals surface area contributed by atoms with E-state index in [0.29, 0.717) is 43.9 Å². The van der Waals surface area contributed by atoms with E-state index in [1.807, 2.05) is 0 Å². The number of ether oxygens (including phenoxy) is 1. The van der Waals surface area contributed by atoms with Crippen LogP contribution in [0.1, 0.15) is 32.3 Å². The number of carbonyl (C=O) groups is 2. The summed E-state index contributed by atoms with van der Waals surface area (Å²) in [5.41, 5.74) is -0.794. The van der Waals surface area contributed by atoms with Crippen molar-refractivity contribution in [3.63, 3.8) is 0 Å². The summed E-state index contributed by atoms with van der Waals surface area (Å²) in [4.78, 5) is 44.2. The van der Waals surface area contributed by atoms with Crippen LogP contribution < -0.4 is 15.3 Å². The first-order chi connectivity index (χ1) is 14.7. The molecule has 0 radical (unpaired) electrons. The zero-order valence-electron chi connectivity index (χ0n) is 17.2. The summed E-state index contributed by atoms with van der Waals surface area (Å²) in [6.07, 6.45) is 1.08. The second kappa shape index (κ2) is 7.75. The topological polar surface area (TPSA) is 84.7 Å². The van der Waals surface area contributed by atoms with Gasteiger partial charge in [-0.3, -0.25) is 19.1 Å². The number of fused-ring (bicyclic) bond motifs is 1. The molecular formula is C21H22F2N4O4. The molecule has 3 heterocycles. The number of hydrogen-bond acceptors (Lipinski definition) is 5. The van der Waals surface area contributed by atoms with Crippen LogP contribution in [0.15, 0.2) is 29.1 Å².